The highest BCUT2D eigenvalue weighted by Gasteiger charge is 2.35. The topological polar surface area (TPSA) is 114 Å². The molecule has 8 nitrogen and oxygen atoms in total. The number of rotatable bonds is 3. The summed E-state index contributed by atoms with van der Waals surface area (Å²) in [7, 11) is 0. The van der Waals surface area contributed by atoms with E-state index in [1.165, 1.54) is 13.0 Å². The molecule has 0 aliphatic carbocycles. The zero-order chi connectivity index (χ0) is 15.6. The van der Waals surface area contributed by atoms with Crippen LogP contribution in [-0.4, -0.2) is 31.3 Å². The Labute approximate surface area is 115 Å². The molecule has 0 fully saturated rings. The van der Waals surface area contributed by atoms with E-state index in [2.05, 4.69) is 25.4 Å². The van der Waals surface area contributed by atoms with Crippen LogP contribution in [0, 0.1) is 0 Å². The van der Waals surface area contributed by atoms with Gasteiger partial charge in [0.2, 0.25) is 17.5 Å². The van der Waals surface area contributed by atoms with Gasteiger partial charge in [-0.3, -0.25) is 0 Å². The van der Waals surface area contributed by atoms with Crippen molar-refractivity contribution in [2.24, 2.45) is 0 Å². The first-order chi connectivity index (χ1) is 9.77. The molecule has 0 saturated carbocycles. The van der Waals surface area contributed by atoms with Gasteiger partial charge < -0.3 is 14.9 Å². The third kappa shape index (κ3) is 3.43. The van der Waals surface area contributed by atoms with Crippen LogP contribution in [0.25, 0.3) is 11.5 Å². The highest BCUT2D eigenvalue weighted by atomic mass is 19.4. The fourth-order valence-corrected chi connectivity index (χ4v) is 1.38. The minimum absolute atomic E-state index is 0.0976. The van der Waals surface area contributed by atoms with E-state index < -0.39 is 24.1 Å². The first-order valence-corrected chi connectivity index (χ1v) is 5.51. The first-order valence-electron chi connectivity index (χ1n) is 5.51. The lowest BCUT2D eigenvalue weighted by Crippen LogP contribution is -2.24. The van der Waals surface area contributed by atoms with Gasteiger partial charge in [0.25, 0.3) is 0 Å². The Morgan fingerprint density at radius 2 is 2.14 bits per heavy atom. The van der Waals surface area contributed by atoms with Crippen LogP contribution in [0.4, 0.5) is 18.0 Å². The molecular formula is C10H8F3N5O3. The van der Waals surface area contributed by atoms with Crippen molar-refractivity contribution in [3.8, 4) is 11.5 Å². The Kier molecular flexibility index (Phi) is 3.74. The lowest BCUT2D eigenvalue weighted by atomic mass is 10.3. The molecule has 0 saturated heterocycles. The molecule has 0 aliphatic heterocycles. The van der Waals surface area contributed by atoms with Crippen molar-refractivity contribution in [2.45, 2.75) is 19.1 Å². The van der Waals surface area contributed by atoms with Gasteiger partial charge >= 0.3 is 12.3 Å². The third-order valence-corrected chi connectivity index (χ3v) is 2.29. The Morgan fingerprint density at radius 3 is 2.76 bits per heavy atom. The molecule has 1 atom stereocenters. The molecule has 2 aromatic heterocycles. The maximum Gasteiger partial charge on any atom is 0.451 e. The number of hydrogen-bond donors (Lipinski definition) is 2. The molecule has 11 heteroatoms. The van der Waals surface area contributed by atoms with E-state index in [0.29, 0.717) is 0 Å². The molecule has 2 heterocycles. The van der Waals surface area contributed by atoms with Crippen LogP contribution < -0.4 is 5.32 Å². The minimum atomic E-state index is -4.69. The van der Waals surface area contributed by atoms with Crippen LogP contribution in [0.3, 0.4) is 0 Å². The summed E-state index contributed by atoms with van der Waals surface area (Å²) in [6, 6.07) is 0.367. The van der Waals surface area contributed by atoms with Crippen molar-refractivity contribution in [3.63, 3.8) is 0 Å². The van der Waals surface area contributed by atoms with Crippen molar-refractivity contribution in [1.82, 2.24) is 25.4 Å². The van der Waals surface area contributed by atoms with Gasteiger partial charge in [0, 0.05) is 6.20 Å². The van der Waals surface area contributed by atoms with E-state index in [1.54, 1.807) is 0 Å². The third-order valence-electron chi connectivity index (χ3n) is 2.29. The summed E-state index contributed by atoms with van der Waals surface area (Å²) in [5, 5.41) is 14.1. The zero-order valence-corrected chi connectivity index (χ0v) is 10.4. The molecule has 112 valence electrons. The van der Waals surface area contributed by atoms with E-state index in [1.807, 2.05) is 0 Å². The number of aromatic nitrogens is 4. The van der Waals surface area contributed by atoms with Gasteiger partial charge in [0.05, 0.1) is 0 Å². The van der Waals surface area contributed by atoms with E-state index in [4.69, 9.17) is 9.63 Å². The summed E-state index contributed by atoms with van der Waals surface area (Å²) in [5.74, 6) is -1.63. The van der Waals surface area contributed by atoms with Crippen LogP contribution in [0.15, 0.2) is 16.8 Å². The van der Waals surface area contributed by atoms with Crippen LogP contribution in [0.1, 0.15) is 24.7 Å². The summed E-state index contributed by atoms with van der Waals surface area (Å²) in [4.78, 5) is 20.7. The molecule has 0 spiro atoms. The normalized spacial score (nSPS) is 13.0. The fraction of sp³-hybridized carbons (Fsp3) is 0.300. The first kappa shape index (κ1) is 14.7. The molecule has 2 aromatic rings. The summed E-state index contributed by atoms with van der Waals surface area (Å²) in [6.07, 6.45) is -5.08. The Morgan fingerprint density at radius 1 is 1.43 bits per heavy atom. The summed E-state index contributed by atoms with van der Waals surface area (Å²) in [5.41, 5.74) is -0.185. The standard InChI is InChI=1S/C10H8F3N5O3/c1-4(15-9(19)20)7-17-6(18-21-7)5-2-3-14-8(16-5)10(11,12)13/h2-4,15H,1H3,(H,19,20)/t4-/m0/s1. The molecule has 0 aromatic carbocycles. The van der Waals surface area contributed by atoms with Gasteiger partial charge in [0.1, 0.15) is 11.7 Å². The molecule has 1 amide bonds. The molecule has 21 heavy (non-hydrogen) atoms. The second kappa shape index (κ2) is 5.34. The molecule has 0 aliphatic rings. The number of carbonyl (C=O) groups is 1. The maximum atomic E-state index is 12.5. The molecular weight excluding hydrogens is 295 g/mol. The average Bonchev–Trinajstić information content (AvgIpc) is 2.86. The Bertz CT molecular complexity index is 657. The van der Waals surface area contributed by atoms with Gasteiger partial charge in [-0.2, -0.15) is 18.2 Å². The van der Waals surface area contributed by atoms with Crippen molar-refractivity contribution >= 4 is 6.09 Å². The van der Waals surface area contributed by atoms with Gasteiger partial charge in [-0.15, -0.1) is 0 Å². The molecule has 0 unspecified atom stereocenters. The van der Waals surface area contributed by atoms with Gasteiger partial charge in [-0.05, 0) is 13.0 Å². The van der Waals surface area contributed by atoms with Crippen molar-refractivity contribution < 1.29 is 27.6 Å². The van der Waals surface area contributed by atoms with Gasteiger partial charge in [-0.25, -0.2) is 14.8 Å². The number of carboxylic acid groups (broad SMARTS) is 1. The number of amides is 1. The molecule has 0 bridgehead atoms. The van der Waals surface area contributed by atoms with E-state index in [0.717, 1.165) is 6.20 Å². The highest BCUT2D eigenvalue weighted by Crippen LogP contribution is 2.27. The summed E-state index contributed by atoms with van der Waals surface area (Å²) < 4.78 is 42.3. The number of nitrogens with one attached hydrogen (secondary N) is 1. The van der Waals surface area contributed by atoms with E-state index in [-0.39, 0.29) is 17.4 Å². The zero-order valence-electron chi connectivity index (χ0n) is 10.4. The van der Waals surface area contributed by atoms with Crippen molar-refractivity contribution in [1.29, 1.82) is 0 Å². The number of alkyl halides is 3. The SMILES string of the molecule is C[C@H](NC(=O)O)c1nc(-c2ccnc(C(F)(F)F)n2)no1. The highest BCUT2D eigenvalue weighted by molar-refractivity contribution is 5.64. The minimum Gasteiger partial charge on any atom is -0.465 e. The average molecular weight is 303 g/mol. The monoisotopic (exact) mass is 303 g/mol. The number of nitrogens with zero attached hydrogens (tertiary/aromatic N) is 4. The second-order valence-electron chi connectivity index (χ2n) is 3.89. The Balaban J connectivity index is 2.28. The van der Waals surface area contributed by atoms with Crippen LogP contribution >= 0.6 is 0 Å². The van der Waals surface area contributed by atoms with Crippen LogP contribution in [0.5, 0.6) is 0 Å². The maximum absolute atomic E-state index is 12.5. The lowest BCUT2D eigenvalue weighted by Gasteiger charge is -2.05. The quantitative estimate of drug-likeness (QED) is 0.889. The Hall–Kier alpha value is -2.72. The summed E-state index contributed by atoms with van der Waals surface area (Å²) in [6.45, 7) is 1.44. The second-order valence-corrected chi connectivity index (χ2v) is 3.89. The van der Waals surface area contributed by atoms with Gasteiger partial charge in [0.15, 0.2) is 0 Å². The molecule has 2 rings (SSSR count). The van der Waals surface area contributed by atoms with Gasteiger partial charge in [-0.1, -0.05) is 5.16 Å². The van der Waals surface area contributed by atoms with Crippen molar-refractivity contribution in [2.75, 3.05) is 0 Å². The number of hydrogen-bond acceptors (Lipinski definition) is 6. The van der Waals surface area contributed by atoms with Crippen molar-refractivity contribution in [3.05, 3.63) is 24.0 Å². The molecule has 0 radical (unpaired) electrons. The van der Waals surface area contributed by atoms with E-state index >= 15 is 0 Å². The van der Waals surface area contributed by atoms with Crippen LogP contribution in [0.2, 0.25) is 0 Å². The lowest BCUT2D eigenvalue weighted by molar-refractivity contribution is -0.144. The predicted octanol–water partition coefficient (Wildman–Crippen LogP) is 1.87. The largest absolute Gasteiger partial charge is 0.465 e. The fourth-order valence-electron chi connectivity index (χ4n) is 1.38. The predicted molar refractivity (Wildman–Crippen MR) is 59.9 cm³/mol. The number of halogens is 3. The summed E-state index contributed by atoms with van der Waals surface area (Å²) >= 11 is 0. The smallest absolute Gasteiger partial charge is 0.451 e. The van der Waals surface area contributed by atoms with E-state index in [9.17, 15) is 18.0 Å². The molecule has 2 N–H and O–H groups in total. The van der Waals surface area contributed by atoms with Crippen LogP contribution in [-0.2, 0) is 6.18 Å².